The van der Waals surface area contributed by atoms with E-state index < -0.39 is 5.91 Å². The van der Waals surface area contributed by atoms with E-state index in [1.54, 1.807) is 30.3 Å². The molecule has 2 aromatic rings. The molecule has 0 spiro atoms. The predicted molar refractivity (Wildman–Crippen MR) is 144 cm³/mol. The second-order valence-electron chi connectivity index (χ2n) is 7.51. The van der Waals surface area contributed by atoms with Gasteiger partial charge in [-0.2, -0.15) is 5.01 Å². The minimum atomic E-state index is -0.413. The number of hydrogen-bond acceptors (Lipinski definition) is 6. The summed E-state index contributed by atoms with van der Waals surface area (Å²) in [5, 5.41) is 1.10. The molecule has 0 saturated carbocycles. The monoisotopic (exact) mass is 562 g/mol. The molecule has 0 unspecified atom stereocenters. The molecule has 34 heavy (non-hydrogen) atoms. The zero-order chi connectivity index (χ0) is 24.5. The molecule has 1 heterocycles. The van der Waals surface area contributed by atoms with E-state index in [9.17, 15) is 9.59 Å². The molecule has 1 fully saturated rings. The van der Waals surface area contributed by atoms with E-state index in [1.165, 1.54) is 12.8 Å². The van der Waals surface area contributed by atoms with Crippen molar-refractivity contribution >= 4 is 62.1 Å². The SMILES string of the molecule is CCCCCCOc1ccc(/C=C2\SC(=S)N(NC(=O)c3ccc(Br)cc3)C2=O)cc1OCC. The third-order valence-electron chi connectivity index (χ3n) is 4.93. The molecule has 2 aromatic carbocycles. The van der Waals surface area contributed by atoms with Gasteiger partial charge in [0.2, 0.25) is 0 Å². The van der Waals surface area contributed by atoms with Crippen molar-refractivity contribution < 1.29 is 19.1 Å². The number of amides is 2. The third kappa shape index (κ3) is 7.07. The molecule has 0 bridgehead atoms. The number of carbonyl (C=O) groups excluding carboxylic acids is 2. The first-order valence-electron chi connectivity index (χ1n) is 11.2. The van der Waals surface area contributed by atoms with Gasteiger partial charge in [0.15, 0.2) is 15.8 Å². The van der Waals surface area contributed by atoms with E-state index in [0.29, 0.717) is 35.2 Å². The van der Waals surface area contributed by atoms with Gasteiger partial charge in [-0.25, -0.2) is 0 Å². The lowest BCUT2D eigenvalue weighted by atomic mass is 10.1. The molecule has 1 aliphatic rings. The molecule has 9 heteroatoms. The molecule has 0 atom stereocenters. The molecular weight excluding hydrogens is 536 g/mol. The number of benzene rings is 2. The largest absolute Gasteiger partial charge is 0.490 e. The summed E-state index contributed by atoms with van der Waals surface area (Å²) in [5.41, 5.74) is 3.79. The van der Waals surface area contributed by atoms with Crippen molar-refractivity contribution in [1.29, 1.82) is 0 Å². The van der Waals surface area contributed by atoms with Crippen molar-refractivity contribution in [2.24, 2.45) is 0 Å². The van der Waals surface area contributed by atoms with Crippen LogP contribution in [0.15, 0.2) is 51.8 Å². The van der Waals surface area contributed by atoms with Crippen molar-refractivity contribution in [1.82, 2.24) is 10.4 Å². The van der Waals surface area contributed by atoms with Gasteiger partial charge in [-0.1, -0.05) is 59.9 Å². The van der Waals surface area contributed by atoms with Crippen molar-refractivity contribution in [3.05, 3.63) is 63.0 Å². The first-order valence-corrected chi connectivity index (χ1v) is 13.2. The maximum atomic E-state index is 12.9. The highest BCUT2D eigenvalue weighted by molar-refractivity contribution is 9.10. The fraction of sp³-hybridized carbons (Fsp3) is 0.320. The Labute approximate surface area is 218 Å². The van der Waals surface area contributed by atoms with Gasteiger partial charge >= 0.3 is 0 Å². The van der Waals surface area contributed by atoms with Gasteiger partial charge in [-0.15, -0.1) is 0 Å². The zero-order valence-corrected chi connectivity index (χ0v) is 22.4. The molecule has 3 rings (SSSR count). The molecule has 0 radical (unpaired) electrons. The summed E-state index contributed by atoms with van der Waals surface area (Å²) in [7, 11) is 0. The number of unbranched alkanes of at least 4 members (excludes halogenated alkanes) is 3. The van der Waals surface area contributed by atoms with Gasteiger partial charge in [-0.3, -0.25) is 15.0 Å². The van der Waals surface area contributed by atoms with Gasteiger partial charge in [-0.05, 0) is 73.6 Å². The Balaban J connectivity index is 1.70. The Morgan fingerprint density at radius 3 is 2.56 bits per heavy atom. The van der Waals surface area contributed by atoms with E-state index in [4.69, 9.17) is 21.7 Å². The summed E-state index contributed by atoms with van der Waals surface area (Å²) >= 11 is 9.80. The molecule has 180 valence electrons. The highest BCUT2D eigenvalue weighted by atomic mass is 79.9. The lowest BCUT2D eigenvalue weighted by Gasteiger charge is -2.15. The molecule has 2 amide bonds. The Bertz CT molecular complexity index is 1070. The number of ether oxygens (including phenoxy) is 2. The molecule has 1 N–H and O–H groups in total. The van der Waals surface area contributed by atoms with Gasteiger partial charge < -0.3 is 9.47 Å². The van der Waals surface area contributed by atoms with E-state index in [2.05, 4.69) is 28.3 Å². The molecule has 1 saturated heterocycles. The highest BCUT2D eigenvalue weighted by Gasteiger charge is 2.33. The smallest absolute Gasteiger partial charge is 0.285 e. The normalized spacial score (nSPS) is 14.6. The van der Waals surface area contributed by atoms with Crippen LogP contribution in [0.3, 0.4) is 0 Å². The number of halogens is 1. The van der Waals surface area contributed by atoms with E-state index >= 15 is 0 Å². The van der Waals surface area contributed by atoms with Crippen LogP contribution in [0, 0.1) is 0 Å². The Morgan fingerprint density at radius 2 is 1.85 bits per heavy atom. The minimum absolute atomic E-state index is 0.263. The number of nitrogens with one attached hydrogen (secondary N) is 1. The number of hydrogen-bond donors (Lipinski definition) is 1. The average molecular weight is 564 g/mol. The van der Waals surface area contributed by atoms with Crippen LogP contribution in [-0.2, 0) is 4.79 Å². The first-order chi connectivity index (χ1) is 16.4. The zero-order valence-electron chi connectivity index (χ0n) is 19.1. The van der Waals surface area contributed by atoms with E-state index in [-0.39, 0.29) is 10.2 Å². The molecule has 6 nitrogen and oxygen atoms in total. The maximum Gasteiger partial charge on any atom is 0.285 e. The number of hydrazine groups is 1. The van der Waals surface area contributed by atoms with Crippen molar-refractivity contribution in [3.8, 4) is 11.5 Å². The summed E-state index contributed by atoms with van der Waals surface area (Å²) in [6, 6.07) is 12.4. The van der Waals surface area contributed by atoms with Gasteiger partial charge in [0.1, 0.15) is 0 Å². The van der Waals surface area contributed by atoms with Crippen LogP contribution in [0.5, 0.6) is 11.5 Å². The number of carbonyl (C=O) groups is 2. The van der Waals surface area contributed by atoms with Gasteiger partial charge in [0.05, 0.1) is 18.1 Å². The summed E-state index contributed by atoms with van der Waals surface area (Å²) in [4.78, 5) is 25.9. The van der Waals surface area contributed by atoms with Crippen LogP contribution >= 0.6 is 39.9 Å². The molecule has 0 aliphatic carbocycles. The quantitative estimate of drug-likeness (QED) is 0.195. The number of nitrogens with zero attached hydrogens (tertiary/aromatic N) is 1. The fourth-order valence-electron chi connectivity index (χ4n) is 3.20. The average Bonchev–Trinajstić information content (AvgIpc) is 3.08. The second kappa shape index (κ2) is 12.9. The first kappa shape index (κ1) is 26.2. The summed E-state index contributed by atoms with van der Waals surface area (Å²) in [5.74, 6) is 0.523. The second-order valence-corrected chi connectivity index (χ2v) is 10.1. The Hall–Kier alpha value is -2.36. The van der Waals surface area contributed by atoms with E-state index in [1.807, 2.05) is 25.1 Å². The van der Waals surface area contributed by atoms with Crippen LogP contribution in [0.2, 0.25) is 0 Å². The predicted octanol–water partition coefficient (Wildman–Crippen LogP) is 6.35. The highest BCUT2D eigenvalue weighted by Crippen LogP contribution is 2.34. The van der Waals surface area contributed by atoms with Crippen LogP contribution < -0.4 is 14.9 Å². The van der Waals surface area contributed by atoms with Crippen molar-refractivity contribution in [2.75, 3.05) is 13.2 Å². The number of thiocarbonyl (C=S) groups is 1. The Morgan fingerprint density at radius 1 is 1.09 bits per heavy atom. The standard InChI is InChI=1S/C25H27BrN2O4S2/c1-3-5-6-7-14-32-20-13-8-17(15-21(20)31-4-2)16-22-24(30)28(25(33)34-22)27-23(29)18-9-11-19(26)12-10-18/h8-13,15-16H,3-7,14H2,1-2H3,(H,27,29)/b22-16-. The summed E-state index contributed by atoms with van der Waals surface area (Å²) in [6.45, 7) is 5.23. The lowest BCUT2D eigenvalue weighted by molar-refractivity contribution is -0.123. The van der Waals surface area contributed by atoms with Gasteiger partial charge in [0, 0.05) is 10.0 Å². The van der Waals surface area contributed by atoms with Crippen LogP contribution in [-0.4, -0.2) is 34.4 Å². The third-order valence-corrected chi connectivity index (χ3v) is 6.77. The number of rotatable bonds is 11. The topological polar surface area (TPSA) is 67.9 Å². The summed E-state index contributed by atoms with van der Waals surface area (Å²) < 4.78 is 12.8. The lowest BCUT2D eigenvalue weighted by Crippen LogP contribution is -2.44. The molecule has 0 aromatic heterocycles. The van der Waals surface area contributed by atoms with Crippen molar-refractivity contribution in [2.45, 2.75) is 39.5 Å². The maximum absolute atomic E-state index is 12.9. The Kier molecular flexibility index (Phi) is 9.98. The van der Waals surface area contributed by atoms with Crippen LogP contribution in [0.1, 0.15) is 55.5 Å². The van der Waals surface area contributed by atoms with Crippen LogP contribution in [0.25, 0.3) is 6.08 Å². The van der Waals surface area contributed by atoms with Gasteiger partial charge in [0.25, 0.3) is 11.8 Å². The minimum Gasteiger partial charge on any atom is -0.490 e. The molecular formula is C25H27BrN2O4S2. The van der Waals surface area contributed by atoms with E-state index in [0.717, 1.165) is 39.6 Å². The number of thioether (sulfide) groups is 1. The molecule has 1 aliphatic heterocycles. The van der Waals surface area contributed by atoms with Crippen LogP contribution in [0.4, 0.5) is 0 Å². The van der Waals surface area contributed by atoms with Crippen molar-refractivity contribution in [3.63, 3.8) is 0 Å². The fourth-order valence-corrected chi connectivity index (χ4v) is 4.64. The summed E-state index contributed by atoms with van der Waals surface area (Å²) in [6.07, 6.45) is 6.24.